The first-order valence-corrected chi connectivity index (χ1v) is 8.63. The fourth-order valence-electron chi connectivity index (χ4n) is 2.96. The van der Waals surface area contributed by atoms with E-state index >= 15 is 0 Å². The van der Waals surface area contributed by atoms with Crippen LogP contribution < -0.4 is 0 Å². The molecule has 0 fully saturated rings. The monoisotopic (exact) mass is 339 g/mol. The lowest BCUT2D eigenvalue weighted by molar-refractivity contribution is 0.222. The van der Waals surface area contributed by atoms with Gasteiger partial charge < -0.3 is 0 Å². The molecule has 3 nitrogen and oxygen atoms in total. The SMILES string of the molecule is CC.Cc1cccc(C)c1-n1ccnc1-c1cnccc1C(C)(C)F. The zero-order chi connectivity index (χ0) is 18.6. The van der Waals surface area contributed by atoms with Crippen LogP contribution in [0.2, 0.25) is 0 Å². The number of pyridine rings is 1. The van der Waals surface area contributed by atoms with Gasteiger partial charge >= 0.3 is 0 Å². The van der Waals surface area contributed by atoms with Crippen LogP contribution in [0.3, 0.4) is 0 Å². The summed E-state index contributed by atoms with van der Waals surface area (Å²) in [5.74, 6) is 0.705. The minimum absolute atomic E-state index is 0.589. The number of para-hydroxylation sites is 1. The van der Waals surface area contributed by atoms with Crippen LogP contribution in [0.4, 0.5) is 4.39 Å². The van der Waals surface area contributed by atoms with Gasteiger partial charge in [0.15, 0.2) is 0 Å². The van der Waals surface area contributed by atoms with Gasteiger partial charge in [-0.3, -0.25) is 9.55 Å². The molecule has 0 amide bonds. The summed E-state index contributed by atoms with van der Waals surface area (Å²) in [5, 5.41) is 0. The van der Waals surface area contributed by atoms with Gasteiger partial charge in [0.05, 0.1) is 5.69 Å². The molecule has 2 heterocycles. The van der Waals surface area contributed by atoms with Crippen molar-refractivity contribution in [2.45, 2.75) is 47.2 Å². The zero-order valence-electron chi connectivity index (χ0n) is 15.8. The molecule has 2 aromatic heterocycles. The van der Waals surface area contributed by atoms with Crippen LogP contribution in [0.1, 0.15) is 44.4 Å². The molecule has 0 saturated heterocycles. The van der Waals surface area contributed by atoms with Gasteiger partial charge in [-0.2, -0.15) is 0 Å². The predicted octanol–water partition coefficient (Wildman–Crippen LogP) is 5.78. The maximum Gasteiger partial charge on any atom is 0.146 e. The molecule has 0 radical (unpaired) electrons. The highest BCUT2D eigenvalue weighted by Crippen LogP contribution is 2.34. The van der Waals surface area contributed by atoms with Crippen molar-refractivity contribution in [3.63, 3.8) is 0 Å². The Kier molecular flexibility index (Phi) is 5.73. The molecule has 3 aromatic rings. The molecular weight excluding hydrogens is 313 g/mol. The van der Waals surface area contributed by atoms with Crippen molar-refractivity contribution in [1.29, 1.82) is 0 Å². The standard InChI is InChI=1S/C19H20FN3.C2H6/c1-13-6-5-7-14(2)17(13)23-11-10-22-18(23)15-12-21-9-8-16(15)19(3,4)20;1-2/h5-12H,1-4H3;1-2H3. The van der Waals surface area contributed by atoms with Crippen molar-refractivity contribution < 1.29 is 4.39 Å². The second kappa shape index (κ2) is 7.60. The molecule has 0 saturated carbocycles. The summed E-state index contributed by atoms with van der Waals surface area (Å²) in [6, 6.07) is 7.88. The van der Waals surface area contributed by atoms with E-state index < -0.39 is 5.67 Å². The second-order valence-electron chi connectivity index (χ2n) is 6.25. The van der Waals surface area contributed by atoms with Crippen molar-refractivity contribution in [1.82, 2.24) is 14.5 Å². The molecular formula is C21H26FN3. The molecule has 0 N–H and O–H groups in total. The van der Waals surface area contributed by atoms with Gasteiger partial charge in [0.25, 0.3) is 0 Å². The second-order valence-corrected chi connectivity index (χ2v) is 6.25. The van der Waals surface area contributed by atoms with Crippen LogP contribution in [-0.2, 0) is 5.67 Å². The Morgan fingerprint density at radius 2 is 1.64 bits per heavy atom. The summed E-state index contributed by atoms with van der Waals surface area (Å²) in [5.41, 5.74) is 3.21. The quantitative estimate of drug-likeness (QED) is 0.605. The van der Waals surface area contributed by atoms with Gasteiger partial charge in [0.2, 0.25) is 0 Å². The van der Waals surface area contributed by atoms with Crippen LogP contribution in [0.25, 0.3) is 17.1 Å². The van der Waals surface area contributed by atoms with Gasteiger partial charge in [-0.25, -0.2) is 9.37 Å². The van der Waals surface area contributed by atoms with Crippen LogP contribution in [0.5, 0.6) is 0 Å². The molecule has 3 rings (SSSR count). The van der Waals surface area contributed by atoms with E-state index in [-0.39, 0.29) is 0 Å². The third kappa shape index (κ3) is 3.78. The van der Waals surface area contributed by atoms with Crippen molar-refractivity contribution in [3.05, 3.63) is 65.7 Å². The van der Waals surface area contributed by atoms with Crippen LogP contribution in [-0.4, -0.2) is 14.5 Å². The molecule has 4 heteroatoms. The van der Waals surface area contributed by atoms with Gasteiger partial charge in [-0.05, 0) is 44.9 Å². The highest BCUT2D eigenvalue weighted by molar-refractivity contribution is 5.64. The summed E-state index contributed by atoms with van der Waals surface area (Å²) in [6.45, 7) is 11.2. The largest absolute Gasteiger partial charge is 0.299 e. The number of hydrogen-bond acceptors (Lipinski definition) is 2. The third-order valence-electron chi connectivity index (χ3n) is 4.02. The first kappa shape index (κ1) is 18.8. The van der Waals surface area contributed by atoms with Crippen molar-refractivity contribution in [3.8, 4) is 17.1 Å². The van der Waals surface area contributed by atoms with E-state index in [1.807, 2.05) is 30.7 Å². The van der Waals surface area contributed by atoms with E-state index in [1.54, 1.807) is 38.5 Å². The van der Waals surface area contributed by atoms with E-state index in [4.69, 9.17) is 0 Å². The molecule has 0 spiro atoms. The average Bonchev–Trinajstić information content (AvgIpc) is 3.05. The number of rotatable bonds is 3. The number of halogens is 1. The molecule has 132 valence electrons. The van der Waals surface area contributed by atoms with Crippen LogP contribution in [0, 0.1) is 13.8 Å². The number of benzene rings is 1. The Hall–Kier alpha value is -2.49. The molecule has 0 aliphatic heterocycles. The van der Waals surface area contributed by atoms with Gasteiger partial charge in [-0.1, -0.05) is 32.0 Å². The molecule has 0 aliphatic rings. The zero-order valence-corrected chi connectivity index (χ0v) is 15.8. The average molecular weight is 339 g/mol. The number of aromatic nitrogens is 3. The Balaban J connectivity index is 0.00000109. The molecule has 0 unspecified atom stereocenters. The lowest BCUT2D eigenvalue weighted by Crippen LogP contribution is -2.12. The number of alkyl halides is 1. The number of hydrogen-bond donors (Lipinski definition) is 0. The Bertz CT molecular complexity index is 824. The summed E-state index contributed by atoms with van der Waals surface area (Å²) in [6.07, 6.45) is 6.95. The molecule has 1 aromatic carbocycles. The third-order valence-corrected chi connectivity index (χ3v) is 4.02. The Morgan fingerprint density at radius 1 is 1.00 bits per heavy atom. The number of imidazole rings is 1. The number of nitrogens with zero attached hydrogens (tertiary/aromatic N) is 3. The lowest BCUT2D eigenvalue weighted by atomic mass is 9.96. The highest BCUT2D eigenvalue weighted by Gasteiger charge is 2.25. The molecule has 25 heavy (non-hydrogen) atoms. The molecule has 0 bridgehead atoms. The summed E-state index contributed by atoms with van der Waals surface area (Å²) in [4.78, 5) is 8.65. The minimum atomic E-state index is -1.46. The Labute approximate surface area is 149 Å². The lowest BCUT2D eigenvalue weighted by Gasteiger charge is -2.20. The summed E-state index contributed by atoms with van der Waals surface area (Å²) < 4.78 is 16.6. The number of aryl methyl sites for hydroxylation is 2. The van der Waals surface area contributed by atoms with Gasteiger partial charge in [0.1, 0.15) is 11.5 Å². The maximum atomic E-state index is 14.6. The predicted molar refractivity (Wildman–Crippen MR) is 102 cm³/mol. The van der Waals surface area contributed by atoms with E-state index in [2.05, 4.69) is 35.9 Å². The van der Waals surface area contributed by atoms with E-state index in [1.165, 1.54) is 0 Å². The van der Waals surface area contributed by atoms with Crippen molar-refractivity contribution >= 4 is 0 Å². The fraction of sp³-hybridized carbons (Fsp3) is 0.333. The maximum absolute atomic E-state index is 14.6. The molecule has 0 atom stereocenters. The first-order valence-electron chi connectivity index (χ1n) is 8.63. The van der Waals surface area contributed by atoms with Crippen LogP contribution >= 0.6 is 0 Å². The van der Waals surface area contributed by atoms with Gasteiger partial charge in [-0.15, -0.1) is 0 Å². The first-order chi connectivity index (χ1) is 11.9. The molecule has 0 aliphatic carbocycles. The topological polar surface area (TPSA) is 30.7 Å². The van der Waals surface area contributed by atoms with E-state index in [9.17, 15) is 4.39 Å². The van der Waals surface area contributed by atoms with E-state index in [0.29, 0.717) is 17.0 Å². The van der Waals surface area contributed by atoms with Crippen molar-refractivity contribution in [2.75, 3.05) is 0 Å². The highest BCUT2D eigenvalue weighted by atomic mass is 19.1. The summed E-state index contributed by atoms with van der Waals surface area (Å²) >= 11 is 0. The Morgan fingerprint density at radius 3 is 2.24 bits per heavy atom. The van der Waals surface area contributed by atoms with Gasteiger partial charge in [0, 0.05) is 35.9 Å². The van der Waals surface area contributed by atoms with Crippen LogP contribution in [0.15, 0.2) is 49.1 Å². The summed E-state index contributed by atoms with van der Waals surface area (Å²) in [7, 11) is 0. The normalized spacial score (nSPS) is 11.0. The van der Waals surface area contributed by atoms with Crippen molar-refractivity contribution in [2.24, 2.45) is 0 Å². The minimum Gasteiger partial charge on any atom is -0.299 e. The fourth-order valence-corrected chi connectivity index (χ4v) is 2.96. The van der Waals surface area contributed by atoms with E-state index in [0.717, 1.165) is 16.8 Å². The smallest absolute Gasteiger partial charge is 0.146 e.